The Kier molecular flexibility index (Phi) is 2.89. The van der Waals surface area contributed by atoms with Crippen molar-refractivity contribution in [2.45, 2.75) is 27.2 Å². The Balaban J connectivity index is 2.83. The van der Waals surface area contributed by atoms with E-state index in [0.717, 1.165) is 11.3 Å². The Hall–Kier alpha value is -1.38. The molecule has 0 spiro atoms. The second-order valence-corrected chi connectivity index (χ2v) is 4.17. The van der Waals surface area contributed by atoms with E-state index >= 15 is 0 Å². The lowest BCUT2D eigenvalue weighted by Crippen LogP contribution is -2.26. The first-order valence-electron chi connectivity index (χ1n) is 4.57. The highest BCUT2D eigenvalue weighted by atomic mass is 16.4. The molecule has 0 aliphatic carbocycles. The highest BCUT2D eigenvalue weighted by molar-refractivity contribution is 5.74. The zero-order valence-electron chi connectivity index (χ0n) is 8.74. The van der Waals surface area contributed by atoms with E-state index in [2.05, 4.69) is 4.98 Å². The lowest BCUT2D eigenvalue weighted by molar-refractivity contribution is -0.146. The molecule has 1 aromatic rings. The van der Waals surface area contributed by atoms with Crippen LogP contribution in [-0.4, -0.2) is 16.1 Å². The molecule has 1 heterocycles. The molecule has 0 radical (unpaired) electrons. The number of aliphatic carboxylic acids is 1. The van der Waals surface area contributed by atoms with E-state index in [1.807, 2.05) is 19.1 Å². The molecule has 1 N–H and O–H groups in total. The largest absolute Gasteiger partial charge is 0.481 e. The number of carboxylic acid groups (broad SMARTS) is 1. The second kappa shape index (κ2) is 3.78. The van der Waals surface area contributed by atoms with Crippen LogP contribution in [0.15, 0.2) is 18.3 Å². The summed E-state index contributed by atoms with van der Waals surface area (Å²) in [6, 6.07) is 3.78. The molecule has 1 aromatic heterocycles. The van der Waals surface area contributed by atoms with Crippen LogP contribution in [0.2, 0.25) is 0 Å². The highest BCUT2D eigenvalue weighted by Gasteiger charge is 2.27. The first-order chi connectivity index (χ1) is 6.42. The Morgan fingerprint density at radius 3 is 2.71 bits per heavy atom. The maximum Gasteiger partial charge on any atom is 0.309 e. The van der Waals surface area contributed by atoms with Gasteiger partial charge in [-0.1, -0.05) is 0 Å². The van der Waals surface area contributed by atoms with E-state index < -0.39 is 11.4 Å². The van der Waals surface area contributed by atoms with Crippen molar-refractivity contribution in [3.63, 3.8) is 0 Å². The molecule has 0 saturated heterocycles. The summed E-state index contributed by atoms with van der Waals surface area (Å²) >= 11 is 0. The van der Waals surface area contributed by atoms with E-state index in [4.69, 9.17) is 5.11 Å². The maximum absolute atomic E-state index is 10.9. The van der Waals surface area contributed by atoms with Gasteiger partial charge in [-0.2, -0.15) is 0 Å². The number of nitrogens with zero attached hydrogens (tertiary/aromatic N) is 1. The summed E-state index contributed by atoms with van der Waals surface area (Å²) in [5.41, 5.74) is 1.22. The summed E-state index contributed by atoms with van der Waals surface area (Å²) in [6.45, 7) is 5.35. The molecular weight excluding hydrogens is 178 g/mol. The fourth-order valence-electron chi connectivity index (χ4n) is 1.30. The smallest absolute Gasteiger partial charge is 0.309 e. The molecule has 0 bridgehead atoms. The number of hydrogen-bond donors (Lipinski definition) is 1. The number of pyridine rings is 1. The first-order valence-corrected chi connectivity index (χ1v) is 4.57. The Morgan fingerprint density at radius 2 is 2.21 bits per heavy atom. The fourth-order valence-corrected chi connectivity index (χ4v) is 1.30. The van der Waals surface area contributed by atoms with Crippen LogP contribution in [0.25, 0.3) is 0 Å². The number of aryl methyl sites for hydroxylation is 1. The standard InChI is InChI=1S/C11H15NO2/c1-8-6-9(4-5-12-8)7-11(2,3)10(13)14/h4-6H,7H2,1-3H3,(H,13,14). The highest BCUT2D eigenvalue weighted by Crippen LogP contribution is 2.21. The lowest BCUT2D eigenvalue weighted by atomic mass is 9.86. The number of hydrogen-bond acceptors (Lipinski definition) is 2. The third-order valence-corrected chi connectivity index (χ3v) is 2.19. The van der Waals surface area contributed by atoms with Crippen LogP contribution >= 0.6 is 0 Å². The van der Waals surface area contributed by atoms with Gasteiger partial charge in [-0.15, -0.1) is 0 Å². The van der Waals surface area contributed by atoms with Crippen molar-refractivity contribution in [2.24, 2.45) is 5.41 Å². The zero-order valence-corrected chi connectivity index (χ0v) is 8.74. The molecule has 0 amide bonds. The minimum Gasteiger partial charge on any atom is -0.481 e. The van der Waals surface area contributed by atoms with E-state index in [0.29, 0.717) is 6.42 Å². The minimum atomic E-state index is -0.771. The first kappa shape index (κ1) is 10.7. The molecule has 0 aliphatic rings. The number of carbonyl (C=O) groups is 1. The average molecular weight is 193 g/mol. The summed E-state index contributed by atoms with van der Waals surface area (Å²) in [5.74, 6) is -0.771. The van der Waals surface area contributed by atoms with Crippen LogP contribution < -0.4 is 0 Å². The summed E-state index contributed by atoms with van der Waals surface area (Å²) in [7, 11) is 0. The molecule has 0 atom stereocenters. The molecular formula is C11H15NO2. The molecule has 14 heavy (non-hydrogen) atoms. The number of carboxylic acids is 1. The zero-order chi connectivity index (χ0) is 10.8. The van der Waals surface area contributed by atoms with Gasteiger partial charge in [0.25, 0.3) is 0 Å². The monoisotopic (exact) mass is 193 g/mol. The van der Waals surface area contributed by atoms with Crippen LogP contribution in [0, 0.1) is 12.3 Å². The van der Waals surface area contributed by atoms with Crippen LogP contribution in [0.4, 0.5) is 0 Å². The summed E-state index contributed by atoms with van der Waals surface area (Å²) < 4.78 is 0. The van der Waals surface area contributed by atoms with Crippen molar-refractivity contribution in [3.8, 4) is 0 Å². The van der Waals surface area contributed by atoms with Crippen LogP contribution in [0.3, 0.4) is 0 Å². The molecule has 0 aromatic carbocycles. The topological polar surface area (TPSA) is 50.2 Å². The van der Waals surface area contributed by atoms with Gasteiger partial charge < -0.3 is 5.11 Å². The lowest BCUT2D eigenvalue weighted by Gasteiger charge is -2.18. The summed E-state index contributed by atoms with van der Waals surface area (Å²) in [6.07, 6.45) is 2.24. The van der Waals surface area contributed by atoms with Crippen molar-refractivity contribution in [1.82, 2.24) is 4.98 Å². The van der Waals surface area contributed by atoms with Gasteiger partial charge in [0.2, 0.25) is 0 Å². The van der Waals surface area contributed by atoms with E-state index in [9.17, 15) is 4.79 Å². The predicted octanol–water partition coefficient (Wildman–Crippen LogP) is 2.04. The van der Waals surface area contributed by atoms with Crippen molar-refractivity contribution in [1.29, 1.82) is 0 Å². The van der Waals surface area contributed by atoms with Crippen molar-refractivity contribution < 1.29 is 9.90 Å². The van der Waals surface area contributed by atoms with E-state index in [1.165, 1.54) is 0 Å². The average Bonchev–Trinajstić information content (AvgIpc) is 2.02. The van der Waals surface area contributed by atoms with Gasteiger partial charge in [0.05, 0.1) is 5.41 Å². The van der Waals surface area contributed by atoms with E-state index in [-0.39, 0.29) is 0 Å². The molecule has 3 heteroatoms. The molecule has 3 nitrogen and oxygen atoms in total. The van der Waals surface area contributed by atoms with Gasteiger partial charge in [-0.25, -0.2) is 0 Å². The molecule has 1 rings (SSSR count). The predicted molar refractivity (Wildman–Crippen MR) is 54.1 cm³/mol. The fraction of sp³-hybridized carbons (Fsp3) is 0.455. The van der Waals surface area contributed by atoms with Gasteiger partial charge in [0.1, 0.15) is 0 Å². The van der Waals surface area contributed by atoms with Gasteiger partial charge in [-0.3, -0.25) is 9.78 Å². The van der Waals surface area contributed by atoms with Crippen LogP contribution in [0.1, 0.15) is 25.1 Å². The molecule has 0 unspecified atom stereocenters. The van der Waals surface area contributed by atoms with Crippen LogP contribution in [-0.2, 0) is 11.2 Å². The van der Waals surface area contributed by atoms with Gasteiger partial charge >= 0.3 is 5.97 Å². The van der Waals surface area contributed by atoms with Gasteiger partial charge in [0, 0.05) is 11.9 Å². The van der Waals surface area contributed by atoms with E-state index in [1.54, 1.807) is 20.0 Å². The third kappa shape index (κ3) is 2.55. The molecule has 0 aliphatic heterocycles. The van der Waals surface area contributed by atoms with Crippen molar-refractivity contribution in [3.05, 3.63) is 29.6 Å². The maximum atomic E-state index is 10.9. The van der Waals surface area contributed by atoms with Crippen LogP contribution in [0.5, 0.6) is 0 Å². The molecule has 76 valence electrons. The SMILES string of the molecule is Cc1cc(CC(C)(C)C(=O)O)ccn1. The Labute approximate surface area is 83.8 Å². The Morgan fingerprint density at radius 1 is 1.57 bits per heavy atom. The molecule has 0 fully saturated rings. The van der Waals surface area contributed by atoms with Crippen molar-refractivity contribution >= 4 is 5.97 Å². The minimum absolute atomic E-state index is 0.533. The van der Waals surface area contributed by atoms with Crippen molar-refractivity contribution in [2.75, 3.05) is 0 Å². The quantitative estimate of drug-likeness (QED) is 0.799. The Bertz CT molecular complexity index is 345. The summed E-state index contributed by atoms with van der Waals surface area (Å²) in [4.78, 5) is 15.0. The number of rotatable bonds is 3. The third-order valence-electron chi connectivity index (χ3n) is 2.19. The number of aromatic nitrogens is 1. The van der Waals surface area contributed by atoms with Gasteiger partial charge in [0.15, 0.2) is 0 Å². The van der Waals surface area contributed by atoms with Gasteiger partial charge in [-0.05, 0) is 44.9 Å². The normalized spacial score (nSPS) is 11.4. The molecule has 0 saturated carbocycles. The summed E-state index contributed by atoms with van der Waals surface area (Å²) in [5, 5.41) is 8.96. The second-order valence-electron chi connectivity index (χ2n) is 4.17.